The molecule has 2 N–H and O–H groups in total. The minimum absolute atomic E-state index is 0.336. The summed E-state index contributed by atoms with van der Waals surface area (Å²) in [6.45, 7) is 6.48. The second-order valence-electron chi connectivity index (χ2n) is 7.33. The lowest BCUT2D eigenvalue weighted by Crippen LogP contribution is -2.49. The zero-order valence-electron chi connectivity index (χ0n) is 15.6. The molecule has 1 aliphatic heterocycles. The lowest BCUT2D eigenvalue weighted by Gasteiger charge is -2.36. The van der Waals surface area contributed by atoms with Gasteiger partial charge in [-0.1, -0.05) is 12.1 Å². The van der Waals surface area contributed by atoms with Crippen LogP contribution in [-0.4, -0.2) is 40.1 Å². The molecule has 1 aromatic heterocycles. The maximum Gasteiger partial charge on any atom is 0.126 e. The van der Waals surface area contributed by atoms with Gasteiger partial charge < -0.3 is 15.3 Å². The van der Waals surface area contributed by atoms with Gasteiger partial charge in [-0.25, -0.2) is 0 Å². The molecule has 0 aliphatic carbocycles. The number of aryl methyl sites for hydroxylation is 3. The van der Waals surface area contributed by atoms with E-state index in [1.807, 2.05) is 23.9 Å². The number of phenolic OH excluding ortho intramolecular Hbond substituents is 1. The summed E-state index contributed by atoms with van der Waals surface area (Å²) in [6.07, 6.45) is 4.58. The molecule has 5 heteroatoms. The highest BCUT2D eigenvalue weighted by Gasteiger charge is 2.23. The Morgan fingerprint density at radius 3 is 2.76 bits per heavy atom. The molecule has 0 radical (unpaired) electrons. The number of benzene rings is 1. The molecular formula is C20H30N4O. The van der Waals surface area contributed by atoms with Gasteiger partial charge in [0, 0.05) is 38.3 Å². The largest absolute Gasteiger partial charge is 0.508 e. The molecule has 2 heterocycles. The Morgan fingerprint density at radius 1 is 1.32 bits per heavy atom. The molecule has 0 bridgehead atoms. The van der Waals surface area contributed by atoms with Gasteiger partial charge >= 0.3 is 0 Å². The van der Waals surface area contributed by atoms with E-state index < -0.39 is 0 Å². The molecule has 1 fully saturated rings. The summed E-state index contributed by atoms with van der Waals surface area (Å²) in [5, 5.41) is 17.7. The van der Waals surface area contributed by atoms with Crippen LogP contribution in [0.1, 0.15) is 37.4 Å². The van der Waals surface area contributed by atoms with Crippen molar-refractivity contribution in [2.24, 2.45) is 7.05 Å². The fourth-order valence-electron chi connectivity index (χ4n) is 3.75. The van der Waals surface area contributed by atoms with E-state index in [4.69, 9.17) is 0 Å². The molecule has 1 aromatic carbocycles. The summed E-state index contributed by atoms with van der Waals surface area (Å²) in [7, 11) is 2.03. The highest BCUT2D eigenvalue weighted by molar-refractivity contribution is 5.41. The van der Waals surface area contributed by atoms with Crippen LogP contribution in [-0.2, 0) is 13.5 Å². The van der Waals surface area contributed by atoms with Gasteiger partial charge in [-0.05, 0) is 57.2 Å². The van der Waals surface area contributed by atoms with E-state index in [0.717, 1.165) is 31.6 Å². The second-order valence-corrected chi connectivity index (χ2v) is 7.33. The van der Waals surface area contributed by atoms with Gasteiger partial charge in [0.25, 0.3) is 0 Å². The number of rotatable bonds is 6. The van der Waals surface area contributed by atoms with Gasteiger partial charge in [0.2, 0.25) is 0 Å². The van der Waals surface area contributed by atoms with Crippen LogP contribution in [0.3, 0.4) is 0 Å². The standard InChI is InChI=1S/C20H30N4O/c1-15(6-7-17-8-10-19(25)11-9-17)21-18-5-4-12-24(14-18)20-13-16(2)22-23(20)3/h8-11,13,15,18,21,25H,4-7,12,14H2,1-3H3/t15-,18-/m0/s1. The number of phenols is 1. The molecule has 1 aliphatic rings. The van der Waals surface area contributed by atoms with Crippen LogP contribution >= 0.6 is 0 Å². The highest BCUT2D eigenvalue weighted by atomic mass is 16.3. The number of piperidine rings is 1. The number of aromatic nitrogens is 2. The van der Waals surface area contributed by atoms with E-state index in [-0.39, 0.29) is 0 Å². The van der Waals surface area contributed by atoms with Crippen molar-refractivity contribution < 1.29 is 5.11 Å². The van der Waals surface area contributed by atoms with Gasteiger partial charge in [-0.15, -0.1) is 0 Å². The third kappa shape index (κ3) is 4.75. The van der Waals surface area contributed by atoms with Crippen molar-refractivity contribution in [3.05, 3.63) is 41.6 Å². The van der Waals surface area contributed by atoms with E-state index in [0.29, 0.717) is 17.8 Å². The van der Waals surface area contributed by atoms with Crippen LogP contribution in [0, 0.1) is 6.92 Å². The molecule has 25 heavy (non-hydrogen) atoms. The van der Waals surface area contributed by atoms with Crippen molar-refractivity contribution in [3.8, 4) is 5.75 Å². The van der Waals surface area contributed by atoms with Crippen molar-refractivity contribution in [2.45, 2.75) is 51.6 Å². The van der Waals surface area contributed by atoms with Gasteiger partial charge in [0.05, 0.1) is 5.69 Å². The third-order valence-electron chi connectivity index (χ3n) is 5.05. The Labute approximate surface area is 150 Å². The molecule has 5 nitrogen and oxygen atoms in total. The molecule has 3 rings (SSSR count). The van der Waals surface area contributed by atoms with Gasteiger partial charge in [-0.2, -0.15) is 5.10 Å². The maximum absolute atomic E-state index is 9.37. The minimum Gasteiger partial charge on any atom is -0.508 e. The monoisotopic (exact) mass is 342 g/mol. The first-order valence-electron chi connectivity index (χ1n) is 9.31. The van der Waals surface area contributed by atoms with Crippen LogP contribution in [0.5, 0.6) is 5.75 Å². The van der Waals surface area contributed by atoms with Gasteiger partial charge in [-0.3, -0.25) is 4.68 Å². The zero-order valence-corrected chi connectivity index (χ0v) is 15.6. The Kier molecular flexibility index (Phi) is 5.63. The van der Waals surface area contributed by atoms with Crippen LogP contribution in [0.15, 0.2) is 30.3 Å². The fourth-order valence-corrected chi connectivity index (χ4v) is 3.75. The molecule has 2 atom stereocenters. The first kappa shape index (κ1) is 17.8. The molecule has 0 amide bonds. The number of hydrogen-bond acceptors (Lipinski definition) is 4. The average molecular weight is 342 g/mol. The normalized spacial score (nSPS) is 19.2. The zero-order chi connectivity index (χ0) is 17.8. The molecule has 1 saturated heterocycles. The van der Waals surface area contributed by atoms with Crippen molar-refractivity contribution in [3.63, 3.8) is 0 Å². The molecule has 136 valence electrons. The fraction of sp³-hybridized carbons (Fsp3) is 0.550. The van der Waals surface area contributed by atoms with Crippen molar-refractivity contribution in [1.29, 1.82) is 0 Å². The molecular weight excluding hydrogens is 312 g/mol. The maximum atomic E-state index is 9.37. The van der Waals surface area contributed by atoms with E-state index in [2.05, 4.69) is 35.2 Å². The predicted octanol–water partition coefficient (Wildman–Crippen LogP) is 3.01. The van der Waals surface area contributed by atoms with E-state index in [1.54, 1.807) is 12.1 Å². The first-order chi connectivity index (χ1) is 12.0. The summed E-state index contributed by atoms with van der Waals surface area (Å²) in [4.78, 5) is 2.45. The van der Waals surface area contributed by atoms with Crippen LogP contribution < -0.4 is 10.2 Å². The lowest BCUT2D eigenvalue weighted by molar-refractivity contribution is 0.371. The van der Waals surface area contributed by atoms with Crippen LogP contribution in [0.2, 0.25) is 0 Å². The Bertz CT molecular complexity index is 680. The van der Waals surface area contributed by atoms with Crippen LogP contribution in [0.4, 0.5) is 5.82 Å². The Morgan fingerprint density at radius 2 is 2.08 bits per heavy atom. The summed E-state index contributed by atoms with van der Waals surface area (Å²) in [5.74, 6) is 1.56. The second kappa shape index (κ2) is 7.91. The van der Waals surface area contributed by atoms with Crippen molar-refractivity contribution in [1.82, 2.24) is 15.1 Å². The Balaban J connectivity index is 1.50. The van der Waals surface area contributed by atoms with Gasteiger partial charge in [0.15, 0.2) is 0 Å². The summed E-state index contributed by atoms with van der Waals surface area (Å²) < 4.78 is 1.99. The first-order valence-corrected chi connectivity index (χ1v) is 9.31. The van der Waals surface area contributed by atoms with Crippen LogP contribution in [0.25, 0.3) is 0 Å². The third-order valence-corrected chi connectivity index (χ3v) is 5.05. The smallest absolute Gasteiger partial charge is 0.126 e. The number of hydrogen-bond donors (Lipinski definition) is 2. The van der Waals surface area contributed by atoms with Crippen molar-refractivity contribution >= 4 is 5.82 Å². The molecule has 0 unspecified atom stereocenters. The summed E-state index contributed by atoms with van der Waals surface area (Å²) in [5.41, 5.74) is 2.36. The highest BCUT2D eigenvalue weighted by Crippen LogP contribution is 2.21. The topological polar surface area (TPSA) is 53.3 Å². The minimum atomic E-state index is 0.336. The van der Waals surface area contributed by atoms with Gasteiger partial charge in [0.1, 0.15) is 11.6 Å². The lowest BCUT2D eigenvalue weighted by atomic mass is 10.0. The molecule has 0 saturated carbocycles. The molecule has 2 aromatic rings. The number of nitrogens with zero attached hydrogens (tertiary/aromatic N) is 3. The van der Waals surface area contributed by atoms with E-state index in [1.165, 1.54) is 24.2 Å². The number of aromatic hydroxyl groups is 1. The molecule has 0 spiro atoms. The predicted molar refractivity (Wildman–Crippen MR) is 102 cm³/mol. The summed E-state index contributed by atoms with van der Waals surface area (Å²) >= 11 is 0. The number of anilines is 1. The SMILES string of the molecule is Cc1cc(N2CCC[C@H](N[C@@H](C)CCc3ccc(O)cc3)C2)n(C)n1. The quantitative estimate of drug-likeness (QED) is 0.847. The Hall–Kier alpha value is -2.01. The van der Waals surface area contributed by atoms with E-state index >= 15 is 0 Å². The van der Waals surface area contributed by atoms with E-state index in [9.17, 15) is 5.11 Å². The summed E-state index contributed by atoms with van der Waals surface area (Å²) in [6, 6.07) is 10.7. The average Bonchev–Trinajstić information content (AvgIpc) is 2.93. The number of nitrogens with one attached hydrogen (secondary N) is 1. The van der Waals surface area contributed by atoms with Crippen molar-refractivity contribution in [2.75, 3.05) is 18.0 Å².